The highest BCUT2D eigenvalue weighted by Gasteiger charge is 2.16. The molecule has 4 aromatic rings. The summed E-state index contributed by atoms with van der Waals surface area (Å²) in [6, 6.07) is 11.4. The first-order valence-corrected chi connectivity index (χ1v) is 9.03. The van der Waals surface area contributed by atoms with E-state index in [0.29, 0.717) is 33.1 Å². The van der Waals surface area contributed by atoms with Crippen LogP contribution in [0.15, 0.2) is 51.7 Å². The number of hydrogen-bond acceptors (Lipinski definition) is 8. The summed E-state index contributed by atoms with van der Waals surface area (Å²) in [5.41, 5.74) is 5.89. The fraction of sp³-hybridized carbons (Fsp3) is 0.105. The molecule has 4 rings (SSSR count). The second-order valence-electron chi connectivity index (χ2n) is 5.72. The predicted molar refractivity (Wildman–Crippen MR) is 106 cm³/mol. The number of amides is 1. The summed E-state index contributed by atoms with van der Waals surface area (Å²) in [4.78, 5) is 29.0. The van der Waals surface area contributed by atoms with Gasteiger partial charge in [-0.3, -0.25) is 20.4 Å². The van der Waals surface area contributed by atoms with Gasteiger partial charge >= 0.3 is 5.91 Å². The lowest BCUT2D eigenvalue weighted by Gasteiger charge is -2.05. The minimum Gasteiger partial charge on any atom is -0.495 e. The molecule has 28 heavy (non-hydrogen) atoms. The normalized spacial score (nSPS) is 10.8. The highest BCUT2D eigenvalue weighted by molar-refractivity contribution is 7.22. The molecule has 0 fully saturated rings. The number of aromatic nitrogens is 1. The van der Waals surface area contributed by atoms with Gasteiger partial charge in [-0.1, -0.05) is 23.5 Å². The number of ether oxygens (including phenoxy) is 2. The average molecular weight is 397 g/mol. The number of nitrogens with zero attached hydrogens (tertiary/aromatic N) is 1. The van der Waals surface area contributed by atoms with Crippen molar-refractivity contribution in [3.05, 3.63) is 58.4 Å². The van der Waals surface area contributed by atoms with Gasteiger partial charge in [0, 0.05) is 6.07 Å². The maximum Gasteiger partial charge on any atom is 0.305 e. The highest BCUT2D eigenvalue weighted by Crippen LogP contribution is 2.38. The van der Waals surface area contributed by atoms with Crippen molar-refractivity contribution >= 4 is 43.6 Å². The molecule has 2 heterocycles. The van der Waals surface area contributed by atoms with Gasteiger partial charge in [-0.15, -0.1) is 0 Å². The van der Waals surface area contributed by atoms with E-state index in [4.69, 9.17) is 13.9 Å². The number of carbonyl (C=O) groups excluding carboxylic acids is 1. The van der Waals surface area contributed by atoms with E-state index in [1.807, 2.05) is 0 Å². The lowest BCUT2D eigenvalue weighted by molar-refractivity contribution is 0.0935. The molecule has 2 aromatic heterocycles. The Morgan fingerprint density at radius 2 is 1.86 bits per heavy atom. The average Bonchev–Trinajstić information content (AvgIpc) is 3.15. The third-order valence-corrected chi connectivity index (χ3v) is 5.04. The SMILES string of the molecule is COc1ccc(OC)c2sc(NNC(=O)c3cc(=O)c4ccccc4o3)nc12. The molecule has 1 amide bonds. The van der Waals surface area contributed by atoms with Gasteiger partial charge in [0.1, 0.15) is 27.3 Å². The molecule has 2 N–H and O–H groups in total. The van der Waals surface area contributed by atoms with Crippen LogP contribution in [0.3, 0.4) is 0 Å². The van der Waals surface area contributed by atoms with Crippen LogP contribution >= 0.6 is 11.3 Å². The molecular formula is C19H15N3O5S. The van der Waals surface area contributed by atoms with Crippen molar-refractivity contribution in [1.82, 2.24) is 10.4 Å². The number of carbonyl (C=O) groups is 1. The Kier molecular flexibility index (Phi) is 4.58. The maximum atomic E-state index is 12.4. The third-order valence-electron chi connectivity index (χ3n) is 4.05. The Balaban J connectivity index is 1.59. The van der Waals surface area contributed by atoms with E-state index in [-0.39, 0.29) is 11.2 Å². The molecule has 8 nitrogen and oxygen atoms in total. The first kappa shape index (κ1) is 17.8. The minimum atomic E-state index is -0.596. The number of thiazole rings is 1. The number of anilines is 1. The molecule has 0 saturated carbocycles. The number of benzene rings is 2. The number of para-hydroxylation sites is 1. The van der Waals surface area contributed by atoms with Crippen LogP contribution in [0.5, 0.6) is 11.5 Å². The molecule has 0 aliphatic heterocycles. The fourth-order valence-electron chi connectivity index (χ4n) is 2.73. The molecule has 0 spiro atoms. The van der Waals surface area contributed by atoms with Gasteiger partial charge in [0.2, 0.25) is 5.13 Å². The first-order chi connectivity index (χ1) is 13.6. The van der Waals surface area contributed by atoms with Crippen LogP contribution in [0.4, 0.5) is 5.13 Å². The van der Waals surface area contributed by atoms with Crippen LogP contribution in [-0.2, 0) is 0 Å². The molecule has 0 bridgehead atoms. The standard InChI is InChI=1S/C19H15N3O5S/c1-25-13-7-8-14(26-2)17-16(13)20-19(28-17)22-21-18(24)15-9-11(23)10-5-3-4-6-12(10)27-15/h3-9H,1-2H3,(H,20,22)(H,21,24). The number of methoxy groups -OCH3 is 2. The van der Waals surface area contributed by atoms with Crippen molar-refractivity contribution < 1.29 is 18.7 Å². The monoisotopic (exact) mass is 397 g/mol. The quantitative estimate of drug-likeness (QED) is 0.499. The van der Waals surface area contributed by atoms with E-state index in [1.54, 1.807) is 50.6 Å². The molecule has 9 heteroatoms. The fourth-order valence-corrected chi connectivity index (χ4v) is 3.65. The summed E-state index contributed by atoms with van der Waals surface area (Å²) < 4.78 is 16.9. The van der Waals surface area contributed by atoms with Crippen molar-refractivity contribution in [3.63, 3.8) is 0 Å². The van der Waals surface area contributed by atoms with E-state index in [9.17, 15) is 9.59 Å². The summed E-state index contributed by atoms with van der Waals surface area (Å²) in [5.74, 6) is 0.536. The van der Waals surface area contributed by atoms with Gasteiger partial charge in [0.05, 0.1) is 19.6 Å². The van der Waals surface area contributed by atoms with E-state index in [0.717, 1.165) is 10.8 Å². The number of rotatable bonds is 5. The first-order valence-electron chi connectivity index (χ1n) is 8.21. The van der Waals surface area contributed by atoms with Crippen molar-refractivity contribution in [3.8, 4) is 11.5 Å². The third kappa shape index (κ3) is 3.12. The highest BCUT2D eigenvalue weighted by atomic mass is 32.1. The van der Waals surface area contributed by atoms with Crippen molar-refractivity contribution in [1.29, 1.82) is 0 Å². The van der Waals surface area contributed by atoms with Crippen LogP contribution < -0.4 is 25.8 Å². The summed E-state index contributed by atoms with van der Waals surface area (Å²) in [7, 11) is 3.12. The van der Waals surface area contributed by atoms with E-state index in [2.05, 4.69) is 15.8 Å². The van der Waals surface area contributed by atoms with Gasteiger partial charge in [-0.05, 0) is 24.3 Å². The zero-order valence-electron chi connectivity index (χ0n) is 14.9. The van der Waals surface area contributed by atoms with Crippen LogP contribution in [0.2, 0.25) is 0 Å². The number of nitrogens with one attached hydrogen (secondary N) is 2. The number of hydrogen-bond donors (Lipinski definition) is 2. The summed E-state index contributed by atoms with van der Waals surface area (Å²) >= 11 is 1.29. The maximum absolute atomic E-state index is 12.4. The lowest BCUT2D eigenvalue weighted by Crippen LogP contribution is -2.29. The largest absolute Gasteiger partial charge is 0.495 e. The van der Waals surface area contributed by atoms with Crippen LogP contribution in [0.25, 0.3) is 21.2 Å². The molecule has 0 aliphatic rings. The van der Waals surface area contributed by atoms with E-state index < -0.39 is 5.91 Å². The second kappa shape index (κ2) is 7.20. The van der Waals surface area contributed by atoms with Crippen molar-refractivity contribution in [2.24, 2.45) is 0 Å². The summed E-state index contributed by atoms with van der Waals surface area (Å²) in [5, 5.41) is 0.839. The van der Waals surface area contributed by atoms with Gasteiger partial charge < -0.3 is 13.9 Å². The van der Waals surface area contributed by atoms with Crippen molar-refractivity contribution in [2.45, 2.75) is 0 Å². The molecule has 0 radical (unpaired) electrons. The Labute approximate surface area is 162 Å². The summed E-state index contributed by atoms with van der Waals surface area (Å²) in [6.45, 7) is 0. The zero-order chi connectivity index (χ0) is 19.7. The molecule has 2 aromatic carbocycles. The Morgan fingerprint density at radius 3 is 2.64 bits per heavy atom. The van der Waals surface area contributed by atoms with Gasteiger partial charge in [0.15, 0.2) is 11.2 Å². The van der Waals surface area contributed by atoms with Crippen LogP contribution in [-0.4, -0.2) is 25.1 Å². The molecule has 0 atom stereocenters. The van der Waals surface area contributed by atoms with E-state index >= 15 is 0 Å². The Hall–Kier alpha value is -3.59. The summed E-state index contributed by atoms with van der Waals surface area (Å²) in [6.07, 6.45) is 0. The Morgan fingerprint density at radius 1 is 1.11 bits per heavy atom. The van der Waals surface area contributed by atoms with Crippen molar-refractivity contribution in [2.75, 3.05) is 19.6 Å². The molecule has 0 unspecified atom stereocenters. The van der Waals surface area contributed by atoms with Gasteiger partial charge in [-0.25, -0.2) is 4.98 Å². The number of hydrazine groups is 1. The Bertz CT molecular complexity index is 1210. The predicted octanol–water partition coefficient (Wildman–Crippen LogP) is 3.18. The van der Waals surface area contributed by atoms with Gasteiger partial charge in [-0.2, -0.15) is 0 Å². The smallest absolute Gasteiger partial charge is 0.305 e. The molecular weight excluding hydrogens is 382 g/mol. The second-order valence-corrected chi connectivity index (χ2v) is 6.72. The molecule has 142 valence electrons. The number of fused-ring (bicyclic) bond motifs is 2. The molecule has 0 aliphatic carbocycles. The minimum absolute atomic E-state index is 0.104. The van der Waals surface area contributed by atoms with Crippen LogP contribution in [0, 0.1) is 0 Å². The van der Waals surface area contributed by atoms with Gasteiger partial charge in [0.25, 0.3) is 0 Å². The lowest BCUT2D eigenvalue weighted by atomic mass is 10.2. The van der Waals surface area contributed by atoms with Crippen LogP contribution in [0.1, 0.15) is 10.6 Å². The molecule has 0 saturated heterocycles. The topological polar surface area (TPSA) is 103 Å². The van der Waals surface area contributed by atoms with E-state index in [1.165, 1.54) is 11.3 Å². The zero-order valence-corrected chi connectivity index (χ0v) is 15.8.